The summed E-state index contributed by atoms with van der Waals surface area (Å²) in [7, 11) is 5.53. The molecule has 2 N–H and O–H groups in total. The Morgan fingerprint density at radius 2 is 1.86 bits per heavy atom. The average Bonchev–Trinajstić information content (AvgIpc) is 3.27. The van der Waals surface area contributed by atoms with Crippen molar-refractivity contribution >= 4 is 59.1 Å². The Morgan fingerprint density at radius 3 is 2.57 bits per heavy atom. The summed E-state index contributed by atoms with van der Waals surface area (Å²) in [6.07, 6.45) is 5.73. The zero-order chi connectivity index (χ0) is 25.8. The van der Waals surface area contributed by atoms with Crippen molar-refractivity contribution in [1.29, 1.82) is 0 Å². The van der Waals surface area contributed by atoms with Gasteiger partial charge in [0, 0.05) is 61.5 Å². The maximum Gasteiger partial charge on any atom is 0.280 e. The molecule has 1 saturated carbocycles. The lowest BCUT2D eigenvalue weighted by atomic mass is 9.81. The number of hydrogen-bond acceptors (Lipinski definition) is 6. The van der Waals surface area contributed by atoms with Crippen LogP contribution in [0.15, 0.2) is 30.3 Å². The van der Waals surface area contributed by atoms with Crippen LogP contribution in [0.3, 0.4) is 0 Å². The molecule has 2 heterocycles. The van der Waals surface area contributed by atoms with Crippen LogP contribution in [0.25, 0.3) is 6.08 Å². The van der Waals surface area contributed by atoms with Gasteiger partial charge in [0.25, 0.3) is 5.91 Å². The Balaban J connectivity index is 0.00000380. The Bertz CT molecular complexity index is 1150. The van der Waals surface area contributed by atoms with Gasteiger partial charge in [-0.25, -0.2) is 4.98 Å². The first-order valence-electron chi connectivity index (χ1n) is 12.1. The molecule has 1 aliphatic carbocycles. The Morgan fingerprint density at radius 1 is 1.14 bits per heavy atom. The summed E-state index contributed by atoms with van der Waals surface area (Å²) in [5.74, 6) is -0.675. The van der Waals surface area contributed by atoms with Crippen LogP contribution >= 0.6 is 35.3 Å². The second kappa shape index (κ2) is 12.9. The quantitative estimate of drug-likeness (QED) is 0.523. The van der Waals surface area contributed by atoms with Gasteiger partial charge in [-0.2, -0.15) is 0 Å². The second-order valence-electron chi connectivity index (χ2n) is 9.70. The van der Waals surface area contributed by atoms with Crippen molar-refractivity contribution in [2.24, 2.45) is 5.92 Å². The number of likely N-dealkylation sites (N-methyl/N-ethyl adjacent to an activating group) is 1. The van der Waals surface area contributed by atoms with Crippen molar-refractivity contribution in [3.8, 4) is 0 Å². The number of halogens is 2. The monoisotopic (exact) mass is 565 g/mol. The lowest BCUT2D eigenvalue weighted by Crippen LogP contribution is -2.55. The molecule has 2 aliphatic rings. The van der Waals surface area contributed by atoms with Gasteiger partial charge >= 0.3 is 0 Å². The van der Waals surface area contributed by atoms with Gasteiger partial charge in [-0.15, -0.1) is 23.7 Å². The number of carbonyl (C=O) groups is 3. The Labute approximate surface area is 232 Å². The van der Waals surface area contributed by atoms with Gasteiger partial charge in [0.2, 0.25) is 11.8 Å². The Hall–Kier alpha value is -2.46. The maximum atomic E-state index is 13.2. The molecule has 3 amide bonds. The molecule has 0 bridgehead atoms. The van der Waals surface area contributed by atoms with Gasteiger partial charge in [0.05, 0.1) is 11.7 Å². The summed E-state index contributed by atoms with van der Waals surface area (Å²) in [4.78, 5) is 48.1. The van der Waals surface area contributed by atoms with Crippen molar-refractivity contribution in [1.82, 2.24) is 25.4 Å². The summed E-state index contributed by atoms with van der Waals surface area (Å²) in [5, 5.41) is 7.19. The van der Waals surface area contributed by atoms with Crippen LogP contribution in [0.4, 0.5) is 0 Å². The number of rotatable bonds is 6. The summed E-state index contributed by atoms with van der Waals surface area (Å²) >= 11 is 7.35. The smallest absolute Gasteiger partial charge is 0.280 e. The molecule has 2 aromatic rings. The third kappa shape index (κ3) is 7.54. The zero-order valence-electron chi connectivity index (χ0n) is 21.2. The summed E-state index contributed by atoms with van der Waals surface area (Å²) in [6.45, 7) is 1.72. The fourth-order valence-electron chi connectivity index (χ4n) is 4.72. The lowest BCUT2D eigenvalue weighted by molar-refractivity contribution is -0.134. The molecule has 0 spiro atoms. The molecular weight excluding hydrogens is 533 g/mol. The normalized spacial score (nSPS) is 21.6. The van der Waals surface area contributed by atoms with E-state index in [1.807, 2.05) is 12.1 Å². The number of nitrogens with one attached hydrogen (secondary N) is 2. The molecule has 1 aromatic carbocycles. The van der Waals surface area contributed by atoms with E-state index in [4.69, 9.17) is 11.6 Å². The highest BCUT2D eigenvalue weighted by Crippen LogP contribution is 2.28. The van der Waals surface area contributed by atoms with E-state index in [1.165, 1.54) is 17.4 Å². The topological polar surface area (TPSA) is 94.6 Å². The highest BCUT2D eigenvalue weighted by Gasteiger charge is 2.36. The van der Waals surface area contributed by atoms with E-state index in [1.54, 1.807) is 37.2 Å². The minimum atomic E-state index is -0.378. The summed E-state index contributed by atoms with van der Waals surface area (Å²) in [5.41, 5.74) is 1.85. The molecule has 37 heavy (non-hydrogen) atoms. The lowest BCUT2D eigenvalue weighted by Gasteiger charge is -2.37. The molecule has 4 rings (SSSR count). The van der Waals surface area contributed by atoms with Crippen LogP contribution in [-0.4, -0.2) is 72.3 Å². The van der Waals surface area contributed by atoms with E-state index in [0.717, 1.165) is 35.6 Å². The molecule has 3 unspecified atom stereocenters. The molecule has 11 heteroatoms. The number of amides is 3. The molecule has 1 aliphatic heterocycles. The SMILES string of the molecule is CN1CCc2nc(C(=O)NC3CC(C(=O)N(C)C)CCC3NC(=O)/C=C/c3ccc(Cl)cc3)sc2C1.Cl. The van der Waals surface area contributed by atoms with Crippen molar-refractivity contribution in [3.05, 3.63) is 56.5 Å². The third-order valence-electron chi connectivity index (χ3n) is 6.70. The van der Waals surface area contributed by atoms with Gasteiger partial charge in [-0.05, 0) is 50.1 Å². The molecular formula is C26H33Cl2N5O3S. The Kier molecular flexibility index (Phi) is 10.1. The fraction of sp³-hybridized carbons (Fsp3) is 0.462. The maximum absolute atomic E-state index is 13.2. The standard InChI is InChI=1S/C26H32ClN5O3S.ClH/c1-31(2)26(35)17-7-10-19(28-23(33)11-6-16-4-8-18(27)9-5-16)21(14-17)29-24(34)25-30-20-12-13-32(3)15-22(20)36-25;/h4-6,8-9,11,17,19,21H,7,10,12-15H2,1-3H3,(H,28,33)(H,29,34);1H/b11-6+;. The minimum absolute atomic E-state index is 0. The minimum Gasteiger partial charge on any atom is -0.349 e. The number of aromatic nitrogens is 1. The highest BCUT2D eigenvalue weighted by molar-refractivity contribution is 7.13. The number of nitrogens with zero attached hydrogens (tertiary/aromatic N) is 3. The van der Waals surface area contributed by atoms with Crippen molar-refractivity contribution in [3.63, 3.8) is 0 Å². The molecule has 8 nitrogen and oxygen atoms in total. The summed E-state index contributed by atoms with van der Waals surface area (Å²) < 4.78 is 0. The van der Waals surface area contributed by atoms with Crippen LogP contribution < -0.4 is 10.6 Å². The molecule has 0 radical (unpaired) electrons. The van der Waals surface area contributed by atoms with Crippen LogP contribution in [0.5, 0.6) is 0 Å². The first kappa shape index (κ1) is 29.1. The average molecular weight is 567 g/mol. The van der Waals surface area contributed by atoms with Gasteiger partial charge in [-0.1, -0.05) is 23.7 Å². The van der Waals surface area contributed by atoms with E-state index in [2.05, 4.69) is 27.6 Å². The van der Waals surface area contributed by atoms with Crippen LogP contribution in [0.1, 0.15) is 45.2 Å². The fourth-order valence-corrected chi connectivity index (χ4v) is 5.94. The van der Waals surface area contributed by atoms with E-state index >= 15 is 0 Å². The number of carbonyl (C=O) groups excluding carboxylic acids is 3. The number of thiazole rings is 1. The summed E-state index contributed by atoms with van der Waals surface area (Å²) in [6, 6.07) is 6.53. The van der Waals surface area contributed by atoms with Crippen molar-refractivity contribution in [2.75, 3.05) is 27.7 Å². The number of fused-ring (bicyclic) bond motifs is 1. The van der Waals surface area contributed by atoms with E-state index < -0.39 is 0 Å². The van der Waals surface area contributed by atoms with E-state index in [-0.39, 0.29) is 48.1 Å². The second-order valence-corrected chi connectivity index (χ2v) is 11.2. The third-order valence-corrected chi connectivity index (χ3v) is 8.03. The predicted octanol–water partition coefficient (Wildman–Crippen LogP) is 3.39. The molecule has 0 saturated heterocycles. The largest absolute Gasteiger partial charge is 0.349 e. The van der Waals surface area contributed by atoms with Gasteiger partial charge in [0.1, 0.15) is 0 Å². The van der Waals surface area contributed by atoms with Crippen LogP contribution in [0.2, 0.25) is 5.02 Å². The van der Waals surface area contributed by atoms with Crippen LogP contribution in [-0.2, 0) is 22.6 Å². The van der Waals surface area contributed by atoms with Crippen molar-refractivity contribution < 1.29 is 14.4 Å². The molecule has 200 valence electrons. The molecule has 3 atom stereocenters. The molecule has 1 aromatic heterocycles. The molecule has 1 fully saturated rings. The zero-order valence-corrected chi connectivity index (χ0v) is 23.6. The highest BCUT2D eigenvalue weighted by atomic mass is 35.5. The van der Waals surface area contributed by atoms with Crippen LogP contribution in [0, 0.1) is 5.92 Å². The number of hydrogen-bond donors (Lipinski definition) is 2. The first-order chi connectivity index (χ1) is 17.2. The van der Waals surface area contributed by atoms with Gasteiger partial charge in [-0.3, -0.25) is 14.4 Å². The van der Waals surface area contributed by atoms with Gasteiger partial charge < -0.3 is 20.4 Å². The number of benzene rings is 1. The first-order valence-corrected chi connectivity index (χ1v) is 13.3. The van der Waals surface area contributed by atoms with Crippen molar-refractivity contribution in [2.45, 2.75) is 44.3 Å². The van der Waals surface area contributed by atoms with Gasteiger partial charge in [0.15, 0.2) is 5.01 Å². The van der Waals surface area contributed by atoms with E-state index in [0.29, 0.717) is 29.3 Å². The van der Waals surface area contributed by atoms with E-state index in [9.17, 15) is 14.4 Å². The predicted molar refractivity (Wildman–Crippen MR) is 149 cm³/mol.